The Labute approximate surface area is 221 Å². The third-order valence-corrected chi connectivity index (χ3v) is 9.35. The lowest BCUT2D eigenvalue weighted by Crippen LogP contribution is -2.55. The van der Waals surface area contributed by atoms with E-state index in [-0.39, 0.29) is 23.8 Å². The highest BCUT2D eigenvalue weighted by molar-refractivity contribution is 8.04. The normalized spacial score (nSPS) is 26.1. The SMILES string of the molecule is CN1C(=O)/C(=C/c2ccccc2Cl)SC2CCC(C(=O)N3CCN(c4cccc(Cl)c4)CC3)CC21. The summed E-state index contributed by atoms with van der Waals surface area (Å²) in [5.41, 5.74) is 1.96. The molecule has 2 aromatic rings. The van der Waals surface area contributed by atoms with E-state index in [9.17, 15) is 9.59 Å². The van der Waals surface area contributed by atoms with Crippen molar-refractivity contribution in [2.75, 3.05) is 38.1 Å². The number of hydrogen-bond donors (Lipinski definition) is 0. The number of rotatable bonds is 3. The summed E-state index contributed by atoms with van der Waals surface area (Å²) >= 11 is 14.1. The quantitative estimate of drug-likeness (QED) is 0.497. The zero-order valence-electron chi connectivity index (χ0n) is 19.7. The highest BCUT2D eigenvalue weighted by Gasteiger charge is 2.43. The minimum absolute atomic E-state index is 0.0133. The number of benzene rings is 2. The van der Waals surface area contributed by atoms with Gasteiger partial charge < -0.3 is 14.7 Å². The Morgan fingerprint density at radius 1 is 1.03 bits per heavy atom. The van der Waals surface area contributed by atoms with Crippen LogP contribution >= 0.6 is 35.0 Å². The second-order valence-electron chi connectivity index (χ2n) is 9.47. The molecule has 0 radical (unpaired) electrons. The Bertz CT molecular complexity index is 1150. The standard InChI is InChI=1S/C27H29Cl2N3O2S/c1-30-23-15-19(26(33)32-13-11-31(12-14-32)21-7-4-6-20(28)17-21)9-10-24(23)35-25(27(30)34)16-18-5-2-3-8-22(18)29/h2-8,16-17,19,23-24H,9-15H2,1H3/b25-16-. The van der Waals surface area contributed by atoms with E-state index in [1.807, 2.05) is 65.4 Å². The number of likely N-dealkylation sites (N-methyl/N-ethyl adjacent to an activating group) is 1. The second kappa shape index (κ2) is 10.5. The summed E-state index contributed by atoms with van der Waals surface area (Å²) in [6, 6.07) is 15.5. The number of thioether (sulfide) groups is 1. The fraction of sp³-hybridized carbons (Fsp3) is 0.407. The highest BCUT2D eigenvalue weighted by atomic mass is 35.5. The van der Waals surface area contributed by atoms with Crippen molar-refractivity contribution in [1.29, 1.82) is 0 Å². The molecular weight excluding hydrogens is 501 g/mol. The van der Waals surface area contributed by atoms with Crippen LogP contribution in [0.15, 0.2) is 53.4 Å². The second-order valence-corrected chi connectivity index (χ2v) is 11.6. The van der Waals surface area contributed by atoms with E-state index in [0.29, 0.717) is 23.4 Å². The lowest BCUT2D eigenvalue weighted by atomic mass is 9.83. The van der Waals surface area contributed by atoms with Gasteiger partial charge in [0.15, 0.2) is 0 Å². The first kappa shape index (κ1) is 24.5. The van der Waals surface area contributed by atoms with Crippen molar-refractivity contribution in [3.8, 4) is 0 Å². The van der Waals surface area contributed by atoms with Crippen molar-refractivity contribution in [1.82, 2.24) is 9.80 Å². The fourth-order valence-corrected chi connectivity index (χ4v) is 7.22. The van der Waals surface area contributed by atoms with Crippen LogP contribution in [-0.4, -0.2) is 66.1 Å². The van der Waals surface area contributed by atoms with Gasteiger partial charge in [-0.25, -0.2) is 0 Å². The van der Waals surface area contributed by atoms with Crippen LogP contribution in [0.2, 0.25) is 10.0 Å². The average molecular weight is 531 g/mol. The van der Waals surface area contributed by atoms with Crippen LogP contribution in [0.1, 0.15) is 24.8 Å². The van der Waals surface area contributed by atoms with Crippen LogP contribution in [-0.2, 0) is 9.59 Å². The summed E-state index contributed by atoms with van der Waals surface area (Å²) in [7, 11) is 1.87. The minimum atomic E-state index is -0.0288. The Hall–Kier alpha value is -2.15. The maximum atomic E-state index is 13.4. The van der Waals surface area contributed by atoms with Gasteiger partial charge in [-0.1, -0.05) is 47.5 Å². The average Bonchev–Trinajstić information content (AvgIpc) is 2.88. The smallest absolute Gasteiger partial charge is 0.260 e. The van der Waals surface area contributed by atoms with Gasteiger partial charge in [0.2, 0.25) is 5.91 Å². The zero-order valence-corrected chi connectivity index (χ0v) is 22.0. The molecule has 5 nitrogen and oxygen atoms in total. The third kappa shape index (κ3) is 5.20. The van der Waals surface area contributed by atoms with E-state index < -0.39 is 0 Å². The molecule has 0 N–H and O–H groups in total. The molecule has 2 aliphatic heterocycles. The van der Waals surface area contributed by atoms with E-state index in [2.05, 4.69) is 11.0 Å². The Morgan fingerprint density at radius 2 is 1.80 bits per heavy atom. The molecule has 2 saturated heterocycles. The molecule has 3 fully saturated rings. The molecule has 35 heavy (non-hydrogen) atoms. The first-order valence-electron chi connectivity index (χ1n) is 12.1. The van der Waals surface area contributed by atoms with Crippen molar-refractivity contribution in [3.63, 3.8) is 0 Å². The van der Waals surface area contributed by atoms with E-state index in [1.54, 1.807) is 11.8 Å². The zero-order chi connectivity index (χ0) is 24.5. The van der Waals surface area contributed by atoms with Crippen LogP contribution in [0.25, 0.3) is 6.08 Å². The topological polar surface area (TPSA) is 43.9 Å². The molecule has 8 heteroatoms. The Balaban J connectivity index is 1.21. The van der Waals surface area contributed by atoms with Crippen LogP contribution < -0.4 is 4.90 Å². The molecule has 1 saturated carbocycles. The summed E-state index contributed by atoms with van der Waals surface area (Å²) in [6.45, 7) is 3.03. The summed E-state index contributed by atoms with van der Waals surface area (Å²) in [5.74, 6) is 0.218. The molecule has 2 amide bonds. The number of carbonyl (C=O) groups excluding carboxylic acids is 2. The largest absolute Gasteiger partial charge is 0.368 e. The maximum absolute atomic E-state index is 13.4. The number of carbonyl (C=O) groups is 2. The Morgan fingerprint density at radius 3 is 2.54 bits per heavy atom. The number of nitrogens with zero attached hydrogens (tertiary/aromatic N) is 3. The molecule has 3 atom stereocenters. The molecule has 3 unspecified atom stereocenters. The van der Waals surface area contributed by atoms with E-state index in [0.717, 1.165) is 53.5 Å². The van der Waals surface area contributed by atoms with Gasteiger partial charge in [-0.2, -0.15) is 0 Å². The van der Waals surface area contributed by atoms with Gasteiger partial charge in [-0.05, 0) is 55.2 Å². The molecule has 0 aromatic heterocycles. The summed E-state index contributed by atoms with van der Waals surface area (Å²) in [6.07, 6.45) is 4.42. The van der Waals surface area contributed by atoms with Crippen LogP contribution in [0.5, 0.6) is 0 Å². The van der Waals surface area contributed by atoms with Gasteiger partial charge in [0, 0.05) is 66.2 Å². The van der Waals surface area contributed by atoms with Gasteiger partial charge >= 0.3 is 0 Å². The molecule has 3 aliphatic rings. The number of halogens is 2. The van der Waals surface area contributed by atoms with E-state index in [4.69, 9.17) is 23.2 Å². The maximum Gasteiger partial charge on any atom is 0.260 e. The van der Waals surface area contributed by atoms with Crippen LogP contribution in [0.3, 0.4) is 0 Å². The molecule has 184 valence electrons. The molecule has 0 bridgehead atoms. The van der Waals surface area contributed by atoms with Crippen molar-refractivity contribution in [2.45, 2.75) is 30.6 Å². The molecule has 2 heterocycles. The van der Waals surface area contributed by atoms with E-state index in [1.165, 1.54) is 0 Å². The van der Waals surface area contributed by atoms with Gasteiger partial charge in [-0.3, -0.25) is 9.59 Å². The van der Waals surface area contributed by atoms with Crippen molar-refractivity contribution in [3.05, 3.63) is 69.0 Å². The molecule has 0 spiro atoms. The predicted octanol–water partition coefficient (Wildman–Crippen LogP) is 5.43. The summed E-state index contributed by atoms with van der Waals surface area (Å²) in [5, 5.41) is 1.67. The van der Waals surface area contributed by atoms with Gasteiger partial charge in [0.05, 0.1) is 4.91 Å². The van der Waals surface area contributed by atoms with Gasteiger partial charge in [-0.15, -0.1) is 11.8 Å². The van der Waals surface area contributed by atoms with Crippen LogP contribution in [0.4, 0.5) is 5.69 Å². The molecule has 5 rings (SSSR count). The summed E-state index contributed by atoms with van der Waals surface area (Å²) in [4.78, 5) is 33.4. The van der Waals surface area contributed by atoms with Gasteiger partial charge in [0.25, 0.3) is 5.91 Å². The highest BCUT2D eigenvalue weighted by Crippen LogP contribution is 2.44. The lowest BCUT2D eigenvalue weighted by molar-refractivity contribution is -0.139. The van der Waals surface area contributed by atoms with Crippen molar-refractivity contribution < 1.29 is 9.59 Å². The lowest BCUT2D eigenvalue weighted by Gasteiger charge is -2.45. The Kier molecular flexibility index (Phi) is 7.33. The monoisotopic (exact) mass is 529 g/mol. The fourth-order valence-electron chi connectivity index (χ4n) is 5.37. The van der Waals surface area contributed by atoms with E-state index >= 15 is 0 Å². The number of fused-ring (bicyclic) bond motifs is 1. The minimum Gasteiger partial charge on any atom is -0.368 e. The van der Waals surface area contributed by atoms with Crippen molar-refractivity contribution in [2.24, 2.45) is 5.92 Å². The third-order valence-electron chi connectivity index (χ3n) is 7.37. The molecule has 2 aromatic carbocycles. The molecule has 1 aliphatic carbocycles. The first-order valence-corrected chi connectivity index (χ1v) is 13.7. The van der Waals surface area contributed by atoms with Crippen molar-refractivity contribution >= 4 is 58.5 Å². The summed E-state index contributed by atoms with van der Waals surface area (Å²) < 4.78 is 0. The molecular formula is C27H29Cl2N3O2S. The number of hydrogen-bond acceptors (Lipinski definition) is 4. The first-order chi connectivity index (χ1) is 16.9. The number of amides is 2. The van der Waals surface area contributed by atoms with Gasteiger partial charge in [0.1, 0.15) is 0 Å². The van der Waals surface area contributed by atoms with Crippen LogP contribution in [0, 0.1) is 5.92 Å². The predicted molar refractivity (Wildman–Crippen MR) is 145 cm³/mol. The number of piperazine rings is 1. The number of anilines is 1.